The van der Waals surface area contributed by atoms with E-state index in [-0.39, 0.29) is 39.2 Å². The van der Waals surface area contributed by atoms with Crippen molar-refractivity contribution in [3.05, 3.63) is 233 Å². The van der Waals surface area contributed by atoms with Gasteiger partial charge in [0.25, 0.3) is 6.71 Å². The van der Waals surface area contributed by atoms with E-state index in [0.29, 0.717) is 0 Å². The van der Waals surface area contributed by atoms with Gasteiger partial charge in [0.2, 0.25) is 0 Å². The number of para-hydroxylation sites is 4. The quantitative estimate of drug-likeness (QED) is 0.141. The third kappa shape index (κ3) is 8.44. The van der Waals surface area contributed by atoms with Crippen LogP contribution in [0.1, 0.15) is 160 Å². The summed E-state index contributed by atoms with van der Waals surface area (Å²) in [5.41, 5.74) is 29.7. The lowest BCUT2D eigenvalue weighted by atomic mass is 9.33. The van der Waals surface area contributed by atoms with Crippen LogP contribution in [0.25, 0.3) is 0 Å². The van der Waals surface area contributed by atoms with Crippen LogP contribution in [-0.4, -0.2) is 6.71 Å². The first-order valence-electron chi connectivity index (χ1n) is 31.2. The third-order valence-corrected chi connectivity index (χ3v) is 20.9. The average Bonchev–Trinajstić information content (AvgIpc) is 1.07. The minimum Gasteiger partial charge on any atom is -0.311 e. The van der Waals surface area contributed by atoms with E-state index >= 15 is 0 Å². The molecule has 0 spiro atoms. The Morgan fingerprint density at radius 3 is 1.02 bits per heavy atom. The number of fused-ring (bicyclic) bond motifs is 7. The molecule has 14 rings (SSSR count). The summed E-state index contributed by atoms with van der Waals surface area (Å²) >= 11 is 0. The number of benzene rings is 9. The zero-order valence-corrected chi connectivity index (χ0v) is 52.3. The summed E-state index contributed by atoms with van der Waals surface area (Å²) in [5, 5.41) is 0. The van der Waals surface area contributed by atoms with Gasteiger partial charge in [-0.05, 0) is 230 Å². The van der Waals surface area contributed by atoms with Crippen LogP contribution in [-0.2, 0) is 32.5 Å². The molecule has 4 nitrogen and oxygen atoms in total. The Morgan fingerprint density at radius 2 is 0.619 bits per heavy atom. The largest absolute Gasteiger partial charge is 0.311 e. The molecule has 3 aliphatic carbocycles. The molecule has 0 amide bonds. The molecule has 0 bridgehead atoms. The molecule has 2 heterocycles. The highest BCUT2D eigenvalue weighted by molar-refractivity contribution is 7.00. The zero-order valence-electron chi connectivity index (χ0n) is 52.3. The maximum atomic E-state index is 2.76. The molecule has 0 atom stereocenters. The van der Waals surface area contributed by atoms with Crippen LogP contribution >= 0.6 is 0 Å². The van der Waals surface area contributed by atoms with Gasteiger partial charge in [0.15, 0.2) is 0 Å². The van der Waals surface area contributed by atoms with Crippen LogP contribution in [0.2, 0.25) is 0 Å². The Labute approximate surface area is 502 Å². The van der Waals surface area contributed by atoms with Gasteiger partial charge >= 0.3 is 0 Å². The maximum absolute atomic E-state index is 2.76. The van der Waals surface area contributed by atoms with Crippen molar-refractivity contribution in [3.8, 4) is 0 Å². The van der Waals surface area contributed by atoms with Crippen molar-refractivity contribution in [1.29, 1.82) is 0 Å². The first kappa shape index (κ1) is 54.2. The fraction of sp³-hybridized carbons (Fsp3) is 0.316. The van der Waals surface area contributed by atoms with E-state index in [1.54, 1.807) is 0 Å². The Hall–Kier alpha value is -7.76. The molecule has 5 heteroatoms. The molecule has 2 aliphatic heterocycles. The predicted octanol–water partition coefficient (Wildman–Crippen LogP) is 20.0. The lowest BCUT2D eigenvalue weighted by Gasteiger charge is -2.48. The summed E-state index contributed by atoms with van der Waals surface area (Å²) in [6, 6.07) is 72.4. The first-order chi connectivity index (χ1) is 39.9. The van der Waals surface area contributed by atoms with Crippen LogP contribution in [0.15, 0.2) is 188 Å². The molecular formula is C79H83BN4. The van der Waals surface area contributed by atoms with E-state index in [1.807, 2.05) is 0 Å². The van der Waals surface area contributed by atoms with E-state index < -0.39 is 0 Å². The Bertz CT molecular complexity index is 4020. The van der Waals surface area contributed by atoms with Crippen molar-refractivity contribution >= 4 is 91.3 Å². The van der Waals surface area contributed by atoms with Crippen molar-refractivity contribution in [2.24, 2.45) is 0 Å². The van der Waals surface area contributed by atoms with Gasteiger partial charge in [-0.1, -0.05) is 180 Å². The minimum absolute atomic E-state index is 0.00421. The highest BCUT2D eigenvalue weighted by Gasteiger charge is 2.50. The van der Waals surface area contributed by atoms with Crippen LogP contribution in [0.5, 0.6) is 0 Å². The summed E-state index contributed by atoms with van der Waals surface area (Å²) in [7, 11) is 0. The number of hydrogen-bond acceptors (Lipinski definition) is 4. The highest BCUT2D eigenvalue weighted by Crippen LogP contribution is 2.57. The Kier molecular flexibility index (Phi) is 12.2. The van der Waals surface area contributed by atoms with Gasteiger partial charge in [0, 0.05) is 62.6 Å². The molecule has 422 valence electrons. The second-order valence-corrected chi connectivity index (χ2v) is 29.6. The standard InChI is InChI=1S/C79H83BN4/c1-51-41-59-62(76(7,8)39-37-74(59,3)4)47-67(51)83-69-43-57(81(53-27-19-15-20-28-53)54-29-21-16-22-30-54)35-36-65(69)80-66-46-61-64(79(13,14)50-78(61,11)12)49-70(66)84(68-48-63-60(42-52(68)2)75(5,6)38-40-77(63,9)10)72-45-58(44-71(83)73(72)80)82(55-31-23-17-24-32-55)56-33-25-18-26-34-56/h15-36,41-49H,37-40,50H2,1-14H3. The molecule has 9 aromatic rings. The summed E-state index contributed by atoms with van der Waals surface area (Å²) < 4.78 is 0. The summed E-state index contributed by atoms with van der Waals surface area (Å²) in [4.78, 5) is 10.4. The maximum Gasteiger partial charge on any atom is 0.252 e. The predicted molar refractivity (Wildman–Crippen MR) is 361 cm³/mol. The molecule has 84 heavy (non-hydrogen) atoms. The first-order valence-corrected chi connectivity index (χ1v) is 31.2. The normalized spacial score (nSPS) is 18.4. The smallest absolute Gasteiger partial charge is 0.252 e. The second kappa shape index (κ2) is 18.9. The highest BCUT2D eigenvalue weighted by atomic mass is 15.2. The van der Waals surface area contributed by atoms with Gasteiger partial charge in [-0.25, -0.2) is 0 Å². The number of rotatable bonds is 8. The Morgan fingerprint density at radius 1 is 0.298 bits per heavy atom. The van der Waals surface area contributed by atoms with Crippen molar-refractivity contribution in [3.63, 3.8) is 0 Å². The fourth-order valence-corrected chi connectivity index (χ4v) is 16.3. The van der Waals surface area contributed by atoms with E-state index in [9.17, 15) is 0 Å². The molecular weight excluding hydrogens is 1020 g/mol. The van der Waals surface area contributed by atoms with Gasteiger partial charge in [0.1, 0.15) is 0 Å². The SMILES string of the molecule is Cc1cc2c(cc1N1c3cc(N(c4ccccc4)c4ccccc4)ccc3B3c4cc5c(cc4N(c4cc6c(cc4C)C(C)(C)CCC6(C)C)c4cc(N(c6ccccc6)c6ccccc6)cc1c43)C(C)(C)CC5(C)C)C(C)(C)CCC2(C)C. The monoisotopic (exact) mass is 1100 g/mol. The van der Waals surface area contributed by atoms with Crippen molar-refractivity contribution in [1.82, 2.24) is 0 Å². The van der Waals surface area contributed by atoms with Crippen molar-refractivity contribution in [2.75, 3.05) is 19.6 Å². The van der Waals surface area contributed by atoms with Gasteiger partial charge in [-0.2, -0.15) is 0 Å². The van der Waals surface area contributed by atoms with Crippen LogP contribution in [0.3, 0.4) is 0 Å². The molecule has 0 unspecified atom stereocenters. The Balaban J connectivity index is 1.16. The lowest BCUT2D eigenvalue weighted by Crippen LogP contribution is -2.61. The van der Waals surface area contributed by atoms with Gasteiger partial charge in [-0.15, -0.1) is 0 Å². The fourth-order valence-electron chi connectivity index (χ4n) is 16.3. The molecule has 5 aliphatic rings. The second-order valence-electron chi connectivity index (χ2n) is 29.6. The van der Waals surface area contributed by atoms with Crippen LogP contribution < -0.4 is 36.0 Å². The van der Waals surface area contributed by atoms with Gasteiger partial charge < -0.3 is 19.6 Å². The molecule has 9 aromatic carbocycles. The summed E-state index contributed by atoms with van der Waals surface area (Å²) in [6.07, 6.45) is 5.69. The summed E-state index contributed by atoms with van der Waals surface area (Å²) in [5.74, 6) is 0. The third-order valence-electron chi connectivity index (χ3n) is 20.9. The van der Waals surface area contributed by atoms with Crippen LogP contribution in [0, 0.1) is 13.8 Å². The minimum atomic E-state index is -0.0918. The van der Waals surface area contributed by atoms with Crippen molar-refractivity contribution in [2.45, 2.75) is 162 Å². The molecule has 0 fully saturated rings. The van der Waals surface area contributed by atoms with E-state index in [0.717, 1.165) is 59.8 Å². The van der Waals surface area contributed by atoms with Gasteiger partial charge in [0.05, 0.1) is 5.69 Å². The van der Waals surface area contributed by atoms with Crippen molar-refractivity contribution < 1.29 is 0 Å². The number of anilines is 12. The van der Waals surface area contributed by atoms with Gasteiger partial charge in [-0.3, -0.25) is 0 Å². The number of nitrogens with zero attached hydrogens (tertiary/aromatic N) is 4. The van der Waals surface area contributed by atoms with E-state index in [1.165, 1.54) is 101 Å². The molecule has 0 radical (unpaired) electrons. The lowest BCUT2D eigenvalue weighted by molar-refractivity contribution is 0.332. The van der Waals surface area contributed by atoms with E-state index in [2.05, 4.69) is 305 Å². The molecule has 0 N–H and O–H groups in total. The van der Waals surface area contributed by atoms with Crippen LogP contribution in [0.4, 0.5) is 68.2 Å². The molecule has 0 aromatic heterocycles. The average molecular weight is 1100 g/mol. The van der Waals surface area contributed by atoms with E-state index in [4.69, 9.17) is 0 Å². The number of aryl methyl sites for hydroxylation is 2. The topological polar surface area (TPSA) is 13.0 Å². The molecule has 0 saturated carbocycles. The zero-order chi connectivity index (χ0) is 58.6. The number of hydrogen-bond donors (Lipinski definition) is 0. The summed E-state index contributed by atoms with van der Waals surface area (Å²) in [6.45, 7) is 34.4. The molecule has 0 saturated heterocycles.